The normalized spacial score (nSPS) is 22.9. The van der Waals surface area contributed by atoms with Crippen molar-refractivity contribution >= 4 is 27.6 Å². The van der Waals surface area contributed by atoms with E-state index in [1.807, 2.05) is 46.1 Å². The molecule has 3 aromatic rings. The number of aryl methyl sites for hydroxylation is 2. The number of anilines is 1. The molecule has 3 aliphatic rings. The first-order valence-corrected chi connectivity index (χ1v) is 15.4. The SMILES string of the molecule is C[C@@H](O)[C@H]1C(=O)N2C(C(=O)O)=C(CN3c4ccccc4-c4cc(CCn5cc[n+](CCO)c5)ccc4S3(=O)=O)[C@H](C)[C@H]12. The zero-order chi connectivity index (χ0) is 29.9. The first-order valence-electron chi connectivity index (χ1n) is 13.9. The highest BCUT2D eigenvalue weighted by Crippen LogP contribution is 2.49. The van der Waals surface area contributed by atoms with E-state index in [2.05, 4.69) is 0 Å². The molecule has 0 aliphatic carbocycles. The summed E-state index contributed by atoms with van der Waals surface area (Å²) in [7, 11) is -4.08. The van der Waals surface area contributed by atoms with Crippen LogP contribution in [0.3, 0.4) is 0 Å². The number of carboxylic acids is 1. The monoisotopic (exact) mass is 593 g/mol. The van der Waals surface area contributed by atoms with E-state index >= 15 is 0 Å². The van der Waals surface area contributed by atoms with Gasteiger partial charge in [-0.05, 0) is 36.3 Å². The number of hydrogen-bond donors (Lipinski definition) is 3. The quantitative estimate of drug-likeness (QED) is 0.251. The van der Waals surface area contributed by atoms with Gasteiger partial charge in [-0.2, -0.15) is 0 Å². The maximum atomic E-state index is 14.1. The summed E-state index contributed by atoms with van der Waals surface area (Å²) in [5, 5.41) is 29.4. The van der Waals surface area contributed by atoms with E-state index in [-0.39, 0.29) is 23.7 Å². The van der Waals surface area contributed by atoms with E-state index in [0.717, 1.165) is 11.1 Å². The Hall–Kier alpha value is -4.00. The number of aliphatic carboxylic acids is 1. The molecular weight excluding hydrogens is 560 g/mol. The Labute approximate surface area is 243 Å². The fourth-order valence-corrected chi connectivity index (χ4v) is 8.24. The molecule has 0 radical (unpaired) electrons. The van der Waals surface area contributed by atoms with Crippen molar-refractivity contribution in [2.75, 3.05) is 17.5 Å². The molecule has 3 aliphatic heterocycles. The van der Waals surface area contributed by atoms with Crippen molar-refractivity contribution in [3.63, 3.8) is 0 Å². The molecular formula is C30H33N4O7S+. The zero-order valence-electron chi connectivity index (χ0n) is 23.3. The lowest BCUT2D eigenvalue weighted by Crippen LogP contribution is -2.63. The lowest BCUT2D eigenvalue weighted by Gasteiger charge is -2.46. The van der Waals surface area contributed by atoms with Crippen LogP contribution in [0.2, 0.25) is 0 Å². The van der Waals surface area contributed by atoms with Gasteiger partial charge in [0.15, 0.2) is 0 Å². The molecule has 42 heavy (non-hydrogen) atoms. The fourth-order valence-electron chi connectivity index (χ4n) is 6.59. The molecule has 0 bridgehead atoms. The number of imidazole rings is 1. The number of aliphatic hydroxyl groups is 2. The van der Waals surface area contributed by atoms with E-state index in [9.17, 15) is 28.2 Å². The number of aliphatic hydroxyl groups excluding tert-OH is 2. The molecule has 4 heterocycles. The second-order valence-corrected chi connectivity index (χ2v) is 13.0. The fraction of sp³-hybridized carbons (Fsp3) is 0.367. The van der Waals surface area contributed by atoms with Gasteiger partial charge in [0.2, 0.25) is 12.2 Å². The molecule has 1 saturated heterocycles. The van der Waals surface area contributed by atoms with Gasteiger partial charge >= 0.3 is 5.97 Å². The molecule has 2 aromatic carbocycles. The molecule has 12 heteroatoms. The highest BCUT2D eigenvalue weighted by Gasteiger charge is 2.60. The predicted octanol–water partition coefficient (Wildman–Crippen LogP) is 1.38. The number of aromatic nitrogens is 2. The second kappa shape index (κ2) is 10.4. The number of β-lactam (4-membered cyclic amide) rings is 1. The maximum Gasteiger partial charge on any atom is 0.352 e. The summed E-state index contributed by atoms with van der Waals surface area (Å²) >= 11 is 0. The molecule has 1 aromatic heterocycles. The summed E-state index contributed by atoms with van der Waals surface area (Å²) in [5.74, 6) is -2.95. The van der Waals surface area contributed by atoms with Crippen molar-refractivity contribution in [2.24, 2.45) is 11.8 Å². The summed E-state index contributed by atoms with van der Waals surface area (Å²) in [6, 6.07) is 11.9. The lowest BCUT2D eigenvalue weighted by molar-refractivity contribution is -0.697. The van der Waals surface area contributed by atoms with Gasteiger partial charge in [-0.25, -0.2) is 22.3 Å². The molecule has 6 rings (SSSR count). The lowest BCUT2D eigenvalue weighted by atomic mass is 9.77. The van der Waals surface area contributed by atoms with Crippen LogP contribution in [-0.4, -0.2) is 70.4 Å². The molecule has 3 N–H and O–H groups in total. The van der Waals surface area contributed by atoms with Gasteiger partial charge in [-0.1, -0.05) is 31.2 Å². The first-order chi connectivity index (χ1) is 20.0. The highest BCUT2D eigenvalue weighted by molar-refractivity contribution is 7.93. The van der Waals surface area contributed by atoms with Crippen LogP contribution in [0.25, 0.3) is 11.1 Å². The smallest absolute Gasteiger partial charge is 0.352 e. The third-order valence-corrected chi connectivity index (χ3v) is 10.5. The van der Waals surface area contributed by atoms with E-state index in [1.165, 1.54) is 16.1 Å². The summed E-state index contributed by atoms with van der Waals surface area (Å²) in [6.07, 6.45) is 5.44. The zero-order valence-corrected chi connectivity index (χ0v) is 24.1. The summed E-state index contributed by atoms with van der Waals surface area (Å²) in [5.41, 5.74) is 2.84. The van der Waals surface area contributed by atoms with E-state index in [0.29, 0.717) is 36.3 Å². The topological polar surface area (TPSA) is 144 Å². The predicted molar refractivity (Wildman–Crippen MR) is 151 cm³/mol. The Morgan fingerprint density at radius 3 is 2.62 bits per heavy atom. The minimum atomic E-state index is -4.08. The number of hydrogen-bond acceptors (Lipinski definition) is 6. The van der Waals surface area contributed by atoms with Gasteiger partial charge in [0.05, 0.1) is 48.3 Å². The number of para-hydroxylation sites is 1. The van der Waals surface area contributed by atoms with Crippen molar-refractivity contribution in [2.45, 2.75) is 50.4 Å². The van der Waals surface area contributed by atoms with Gasteiger partial charge in [-0.3, -0.25) is 9.10 Å². The van der Waals surface area contributed by atoms with Crippen LogP contribution in [-0.2, 0) is 39.1 Å². The summed E-state index contributed by atoms with van der Waals surface area (Å²) < 4.78 is 33.4. The Balaban J connectivity index is 1.34. The Kier molecular flexibility index (Phi) is 6.95. The number of amides is 1. The van der Waals surface area contributed by atoms with Gasteiger partial charge in [-0.15, -0.1) is 0 Å². The maximum absolute atomic E-state index is 14.1. The number of rotatable bonds is 9. The molecule has 1 fully saturated rings. The molecule has 4 atom stereocenters. The van der Waals surface area contributed by atoms with E-state index in [4.69, 9.17) is 5.11 Å². The Morgan fingerprint density at radius 1 is 1.14 bits per heavy atom. The van der Waals surface area contributed by atoms with Crippen molar-refractivity contribution in [1.82, 2.24) is 9.47 Å². The van der Waals surface area contributed by atoms with Gasteiger partial charge in [0.1, 0.15) is 24.6 Å². The number of nitrogens with zero attached hydrogens (tertiary/aromatic N) is 4. The first kappa shape index (κ1) is 28.1. The Bertz CT molecular complexity index is 1730. The summed E-state index contributed by atoms with van der Waals surface area (Å²) in [4.78, 5) is 26.5. The number of carboxylic acid groups (broad SMARTS) is 1. The number of carbonyl (C=O) groups excluding carboxylic acids is 1. The highest BCUT2D eigenvalue weighted by atomic mass is 32.2. The van der Waals surface area contributed by atoms with Crippen LogP contribution >= 0.6 is 0 Å². The second-order valence-electron chi connectivity index (χ2n) is 11.2. The minimum Gasteiger partial charge on any atom is -0.477 e. The molecule has 1 amide bonds. The number of carbonyl (C=O) groups is 2. The Morgan fingerprint density at radius 2 is 1.90 bits per heavy atom. The van der Waals surface area contributed by atoms with Crippen molar-refractivity contribution in [3.05, 3.63) is 78.0 Å². The van der Waals surface area contributed by atoms with E-state index < -0.39 is 45.9 Å². The van der Waals surface area contributed by atoms with Crippen molar-refractivity contribution in [3.8, 4) is 11.1 Å². The average Bonchev–Trinajstić information content (AvgIpc) is 3.49. The standard InChI is InChI=1S/C30H32N4O7S/c1-18-23(28(30(38)39)34-27(18)26(19(2)36)29(34)37)16-33-24-6-4-3-5-21(24)22-15-20(7-8-25(22)42(33,40)41)9-10-31-11-12-32(17-31)13-14-35/h3-8,11-12,15,17-19,26-27,35-36H,9-10,13-14,16H2,1-2H3/p+1/t18-,19+,26+,27+/m0/s1. The van der Waals surface area contributed by atoms with Crippen LogP contribution in [0.5, 0.6) is 0 Å². The largest absolute Gasteiger partial charge is 0.477 e. The van der Waals surface area contributed by atoms with Crippen LogP contribution < -0.4 is 8.87 Å². The minimum absolute atomic E-state index is 0.0531. The van der Waals surface area contributed by atoms with Gasteiger partial charge < -0.3 is 20.2 Å². The molecule has 0 saturated carbocycles. The number of benzene rings is 2. The summed E-state index contributed by atoms with van der Waals surface area (Å²) in [6.45, 7) is 4.30. The number of fused-ring (bicyclic) bond motifs is 4. The molecule has 0 unspecified atom stereocenters. The van der Waals surface area contributed by atoms with Gasteiger partial charge in [0, 0.05) is 23.5 Å². The molecule has 220 valence electrons. The van der Waals surface area contributed by atoms with E-state index in [1.54, 1.807) is 31.2 Å². The average molecular weight is 594 g/mol. The molecule has 11 nitrogen and oxygen atoms in total. The number of sulfonamides is 1. The van der Waals surface area contributed by atoms with Crippen LogP contribution in [0.4, 0.5) is 5.69 Å². The van der Waals surface area contributed by atoms with Crippen LogP contribution in [0, 0.1) is 11.8 Å². The van der Waals surface area contributed by atoms with Gasteiger partial charge in [0.25, 0.3) is 10.0 Å². The van der Waals surface area contributed by atoms with Crippen molar-refractivity contribution < 1.29 is 37.9 Å². The van der Waals surface area contributed by atoms with Crippen LogP contribution in [0.15, 0.2) is 77.4 Å². The third-order valence-electron chi connectivity index (χ3n) is 8.67. The molecule has 0 spiro atoms. The third kappa shape index (κ3) is 4.32. The van der Waals surface area contributed by atoms with Crippen molar-refractivity contribution in [1.29, 1.82) is 0 Å². The van der Waals surface area contributed by atoms with Crippen LogP contribution in [0.1, 0.15) is 19.4 Å².